The molecule has 4 nitrogen and oxygen atoms in total. The summed E-state index contributed by atoms with van der Waals surface area (Å²) < 4.78 is 4.92. The van der Waals surface area contributed by atoms with E-state index < -0.39 is 5.97 Å². The molecule has 1 aromatic carbocycles. The molecule has 1 aromatic rings. The predicted molar refractivity (Wildman–Crippen MR) is 53.1 cm³/mol. The normalized spacial score (nSPS) is 10.2. The van der Waals surface area contributed by atoms with Crippen molar-refractivity contribution in [3.05, 3.63) is 23.8 Å². The predicted octanol–water partition coefficient (Wildman–Crippen LogP) is 1.54. The molecule has 0 aliphatic rings. The zero-order valence-electron chi connectivity index (χ0n) is 8.15. The van der Waals surface area contributed by atoms with Crippen molar-refractivity contribution >= 4 is 11.7 Å². The van der Waals surface area contributed by atoms with Crippen molar-refractivity contribution in [2.75, 3.05) is 5.73 Å². The van der Waals surface area contributed by atoms with Gasteiger partial charge in [0.2, 0.25) is 0 Å². The first-order valence-corrected chi connectivity index (χ1v) is 4.30. The number of ether oxygens (including phenoxy) is 1. The number of phenolic OH excluding ortho intramolecular Hbond substituents is 1. The molecular formula is C10H13NO3. The smallest absolute Gasteiger partial charge is 0.344 e. The Hall–Kier alpha value is -1.71. The van der Waals surface area contributed by atoms with E-state index in [1.54, 1.807) is 19.9 Å². The Kier molecular flexibility index (Phi) is 2.96. The van der Waals surface area contributed by atoms with Gasteiger partial charge in [-0.25, -0.2) is 4.79 Å². The Balaban J connectivity index is 3.00. The first kappa shape index (κ1) is 10.4. The van der Waals surface area contributed by atoms with Gasteiger partial charge in [-0.2, -0.15) is 0 Å². The minimum Gasteiger partial charge on any atom is -0.507 e. The summed E-state index contributed by atoms with van der Waals surface area (Å²) in [5.74, 6) is -0.758. The van der Waals surface area contributed by atoms with Crippen molar-refractivity contribution < 1.29 is 14.6 Å². The maximum Gasteiger partial charge on any atom is 0.344 e. The molecule has 0 radical (unpaired) electrons. The van der Waals surface area contributed by atoms with E-state index in [0.29, 0.717) is 0 Å². The number of hydrogen-bond acceptors (Lipinski definition) is 4. The van der Waals surface area contributed by atoms with E-state index in [1.807, 2.05) is 0 Å². The second kappa shape index (κ2) is 4.00. The summed E-state index contributed by atoms with van der Waals surface area (Å²) in [5.41, 5.74) is 5.78. The molecule has 0 amide bonds. The molecule has 0 fully saturated rings. The van der Waals surface area contributed by atoms with Gasteiger partial charge in [-0.15, -0.1) is 0 Å². The maximum atomic E-state index is 11.4. The number of aromatic hydroxyl groups is 1. The molecule has 0 aliphatic carbocycles. The highest BCUT2D eigenvalue weighted by molar-refractivity contribution is 5.98. The van der Waals surface area contributed by atoms with E-state index in [9.17, 15) is 9.90 Å². The number of nitrogens with two attached hydrogens (primary N) is 1. The Morgan fingerprint density at radius 2 is 2.14 bits per heavy atom. The van der Waals surface area contributed by atoms with Crippen LogP contribution in [0.5, 0.6) is 5.75 Å². The third kappa shape index (κ3) is 2.16. The molecular weight excluding hydrogens is 182 g/mol. The fourth-order valence-corrected chi connectivity index (χ4v) is 1.05. The van der Waals surface area contributed by atoms with Gasteiger partial charge >= 0.3 is 5.97 Å². The first-order valence-electron chi connectivity index (χ1n) is 4.30. The highest BCUT2D eigenvalue weighted by atomic mass is 16.5. The number of anilines is 1. The Morgan fingerprint density at radius 3 is 2.64 bits per heavy atom. The lowest BCUT2D eigenvalue weighted by molar-refractivity contribution is 0.0376. The SMILES string of the molecule is CC(C)OC(=O)c1c(N)cccc1O. The first-order chi connectivity index (χ1) is 6.52. The van der Waals surface area contributed by atoms with E-state index in [4.69, 9.17) is 10.5 Å². The Bertz CT molecular complexity index is 327. The van der Waals surface area contributed by atoms with Crippen LogP contribution >= 0.6 is 0 Å². The highest BCUT2D eigenvalue weighted by Crippen LogP contribution is 2.23. The number of esters is 1. The lowest BCUT2D eigenvalue weighted by Gasteiger charge is -2.10. The average molecular weight is 195 g/mol. The van der Waals surface area contributed by atoms with Gasteiger partial charge in [0.05, 0.1) is 6.10 Å². The third-order valence-corrected chi connectivity index (χ3v) is 1.62. The molecule has 0 saturated heterocycles. The van der Waals surface area contributed by atoms with E-state index >= 15 is 0 Å². The monoisotopic (exact) mass is 195 g/mol. The van der Waals surface area contributed by atoms with Crippen molar-refractivity contribution in [2.24, 2.45) is 0 Å². The van der Waals surface area contributed by atoms with Crippen LogP contribution in [0, 0.1) is 0 Å². The van der Waals surface area contributed by atoms with Gasteiger partial charge in [0.25, 0.3) is 0 Å². The van der Waals surface area contributed by atoms with Crippen molar-refractivity contribution in [2.45, 2.75) is 20.0 Å². The lowest BCUT2D eigenvalue weighted by Crippen LogP contribution is -2.13. The quantitative estimate of drug-likeness (QED) is 0.554. The van der Waals surface area contributed by atoms with Gasteiger partial charge < -0.3 is 15.6 Å². The molecule has 0 atom stereocenters. The lowest BCUT2D eigenvalue weighted by atomic mass is 10.1. The number of phenols is 1. The van der Waals surface area contributed by atoms with E-state index in [0.717, 1.165) is 0 Å². The molecule has 0 aromatic heterocycles. The summed E-state index contributed by atoms with van der Waals surface area (Å²) in [6.07, 6.45) is -0.235. The average Bonchev–Trinajstić information content (AvgIpc) is 2.01. The van der Waals surface area contributed by atoms with Crippen molar-refractivity contribution in [1.82, 2.24) is 0 Å². The fourth-order valence-electron chi connectivity index (χ4n) is 1.05. The molecule has 0 heterocycles. The van der Waals surface area contributed by atoms with Crippen LogP contribution in [0.4, 0.5) is 5.69 Å². The second-order valence-corrected chi connectivity index (χ2v) is 3.20. The molecule has 0 spiro atoms. The zero-order chi connectivity index (χ0) is 10.7. The van der Waals surface area contributed by atoms with Crippen molar-refractivity contribution in [1.29, 1.82) is 0 Å². The number of rotatable bonds is 2. The zero-order valence-corrected chi connectivity index (χ0v) is 8.15. The van der Waals surface area contributed by atoms with Crippen molar-refractivity contribution in [3.8, 4) is 5.75 Å². The van der Waals surface area contributed by atoms with E-state index in [-0.39, 0.29) is 23.1 Å². The number of carbonyl (C=O) groups is 1. The van der Waals surface area contributed by atoms with Gasteiger partial charge in [0.15, 0.2) is 0 Å². The van der Waals surface area contributed by atoms with E-state index in [1.165, 1.54) is 12.1 Å². The standard InChI is InChI=1S/C10H13NO3/c1-6(2)14-10(13)9-7(11)4-3-5-8(9)12/h3-6,12H,11H2,1-2H3. The second-order valence-electron chi connectivity index (χ2n) is 3.20. The number of benzene rings is 1. The van der Waals surface area contributed by atoms with Crippen LogP contribution in [0.25, 0.3) is 0 Å². The van der Waals surface area contributed by atoms with Crippen LogP contribution in [0.1, 0.15) is 24.2 Å². The topological polar surface area (TPSA) is 72.5 Å². The molecule has 0 aliphatic heterocycles. The molecule has 4 heteroatoms. The molecule has 76 valence electrons. The maximum absolute atomic E-state index is 11.4. The summed E-state index contributed by atoms with van der Waals surface area (Å²) in [6, 6.07) is 4.50. The van der Waals surface area contributed by atoms with Crippen LogP contribution < -0.4 is 5.73 Å². The van der Waals surface area contributed by atoms with Crippen LogP contribution in [-0.4, -0.2) is 17.2 Å². The summed E-state index contributed by atoms with van der Waals surface area (Å²) in [7, 11) is 0. The van der Waals surface area contributed by atoms with Crippen LogP contribution in [-0.2, 0) is 4.74 Å². The Labute approximate surface area is 82.3 Å². The highest BCUT2D eigenvalue weighted by Gasteiger charge is 2.16. The summed E-state index contributed by atoms with van der Waals surface area (Å²) in [4.78, 5) is 11.4. The molecule has 0 unspecified atom stereocenters. The van der Waals surface area contributed by atoms with Gasteiger partial charge in [-0.1, -0.05) is 6.07 Å². The molecule has 3 N–H and O–H groups in total. The summed E-state index contributed by atoms with van der Waals surface area (Å²) in [5, 5.41) is 9.39. The molecule has 1 rings (SSSR count). The largest absolute Gasteiger partial charge is 0.507 e. The molecule has 0 saturated carbocycles. The summed E-state index contributed by atoms with van der Waals surface area (Å²) in [6.45, 7) is 3.46. The number of nitrogen functional groups attached to an aromatic ring is 1. The summed E-state index contributed by atoms with van der Waals surface area (Å²) >= 11 is 0. The minimum absolute atomic E-state index is 0.0289. The van der Waals surface area contributed by atoms with Gasteiger partial charge in [-0.3, -0.25) is 0 Å². The molecule has 14 heavy (non-hydrogen) atoms. The van der Waals surface area contributed by atoms with Gasteiger partial charge in [0, 0.05) is 5.69 Å². The fraction of sp³-hybridized carbons (Fsp3) is 0.300. The number of carbonyl (C=O) groups excluding carboxylic acids is 1. The molecule has 0 bridgehead atoms. The van der Waals surface area contributed by atoms with Crippen LogP contribution in [0.2, 0.25) is 0 Å². The van der Waals surface area contributed by atoms with Crippen LogP contribution in [0.3, 0.4) is 0 Å². The van der Waals surface area contributed by atoms with Crippen molar-refractivity contribution in [3.63, 3.8) is 0 Å². The Morgan fingerprint density at radius 1 is 1.50 bits per heavy atom. The van der Waals surface area contributed by atoms with Gasteiger partial charge in [-0.05, 0) is 26.0 Å². The van der Waals surface area contributed by atoms with E-state index in [2.05, 4.69) is 0 Å². The third-order valence-electron chi connectivity index (χ3n) is 1.62. The van der Waals surface area contributed by atoms with Crippen LogP contribution in [0.15, 0.2) is 18.2 Å². The minimum atomic E-state index is -0.601. The number of hydrogen-bond donors (Lipinski definition) is 2. The van der Waals surface area contributed by atoms with Gasteiger partial charge in [0.1, 0.15) is 11.3 Å².